The van der Waals surface area contributed by atoms with Crippen LogP contribution in [0.3, 0.4) is 0 Å². The summed E-state index contributed by atoms with van der Waals surface area (Å²) in [4.78, 5) is 32.0. The summed E-state index contributed by atoms with van der Waals surface area (Å²) in [6.45, 7) is 7.87. The average molecular weight is 666 g/mol. The highest BCUT2D eigenvalue weighted by Crippen LogP contribution is 2.48. The second kappa shape index (κ2) is 12.4. The molecule has 0 aromatic heterocycles. The second-order valence-corrected chi connectivity index (χ2v) is 17.7. The number of fused-ring (bicyclic) bond motifs is 4. The number of amides is 2. The van der Waals surface area contributed by atoms with Crippen LogP contribution >= 0.6 is 11.6 Å². The van der Waals surface area contributed by atoms with Crippen molar-refractivity contribution >= 4 is 44.7 Å². The molecule has 1 saturated heterocycles. The van der Waals surface area contributed by atoms with E-state index in [0.717, 1.165) is 100 Å². The third-order valence-electron chi connectivity index (χ3n) is 12.1. The fourth-order valence-corrected chi connectivity index (χ4v) is 10.5. The fraction of sp³-hybridized carbons (Fsp3) is 0.595. The lowest BCUT2D eigenvalue weighted by Crippen LogP contribution is -2.52. The zero-order chi connectivity index (χ0) is 32.2. The molecule has 2 bridgehead atoms. The number of benzene rings is 2. The number of likely N-dealkylation sites (tertiary alicyclic amines) is 1. The van der Waals surface area contributed by atoms with Gasteiger partial charge in [-0.3, -0.25) is 14.3 Å². The number of carbonyl (C=O) groups is 2. The first-order valence-corrected chi connectivity index (χ1v) is 19.5. The Morgan fingerprint density at radius 3 is 2.63 bits per heavy atom. The van der Waals surface area contributed by atoms with Crippen molar-refractivity contribution in [1.82, 2.24) is 9.62 Å². The summed E-state index contributed by atoms with van der Waals surface area (Å²) in [6.07, 6.45) is 8.90. The first-order chi connectivity index (χ1) is 22.0. The van der Waals surface area contributed by atoms with Crippen molar-refractivity contribution < 1.29 is 18.5 Å². The number of carbonyl (C=O) groups excluding carboxylic acids is 2. The molecule has 3 aliphatic heterocycles. The highest BCUT2D eigenvalue weighted by molar-refractivity contribution is 7.99. The van der Waals surface area contributed by atoms with Crippen LogP contribution in [0.4, 0.5) is 5.69 Å². The number of halogens is 1. The SMILES string of the molecule is C=S1(=O)NC(=O)c2ccc3c(c2)N(C[C@@H]2CC[C@H]2[C@@H](C(=O)N2CCC2)CCC[C@H](C)[C@H]1C)C[C@@]1(CCCc2cc(Cl)ccc21)CO3. The topological polar surface area (TPSA) is 79.0 Å². The van der Waals surface area contributed by atoms with E-state index in [1.54, 1.807) is 6.07 Å². The van der Waals surface area contributed by atoms with Gasteiger partial charge in [0.05, 0.1) is 22.0 Å². The van der Waals surface area contributed by atoms with Gasteiger partial charge in [-0.1, -0.05) is 31.0 Å². The molecule has 0 radical (unpaired) electrons. The van der Waals surface area contributed by atoms with Crippen molar-refractivity contribution in [3.05, 3.63) is 58.1 Å². The summed E-state index contributed by atoms with van der Waals surface area (Å²) >= 11 is 6.46. The van der Waals surface area contributed by atoms with E-state index in [-0.39, 0.29) is 28.4 Å². The van der Waals surface area contributed by atoms with Gasteiger partial charge in [0.25, 0.3) is 5.91 Å². The van der Waals surface area contributed by atoms with Crippen molar-refractivity contribution in [3.63, 3.8) is 0 Å². The van der Waals surface area contributed by atoms with Crippen LogP contribution in [-0.2, 0) is 26.3 Å². The van der Waals surface area contributed by atoms with Crippen molar-refractivity contribution in [2.24, 2.45) is 23.7 Å². The van der Waals surface area contributed by atoms with E-state index in [9.17, 15) is 13.8 Å². The van der Waals surface area contributed by atoms with Gasteiger partial charge in [0.1, 0.15) is 5.75 Å². The van der Waals surface area contributed by atoms with Crippen LogP contribution in [-0.4, -0.2) is 64.8 Å². The van der Waals surface area contributed by atoms with E-state index in [1.165, 1.54) is 11.1 Å². The number of nitrogens with one attached hydrogen (secondary N) is 1. The van der Waals surface area contributed by atoms with Crippen LogP contribution < -0.4 is 14.4 Å². The number of anilines is 1. The molecule has 7 nitrogen and oxygen atoms in total. The molecule has 1 saturated carbocycles. The molecule has 2 fully saturated rings. The summed E-state index contributed by atoms with van der Waals surface area (Å²) in [5.41, 5.74) is 3.72. The normalized spacial score (nSPS) is 34.6. The Bertz CT molecular complexity index is 1620. The van der Waals surface area contributed by atoms with E-state index in [1.807, 2.05) is 25.1 Å². The van der Waals surface area contributed by atoms with E-state index in [2.05, 4.69) is 39.4 Å². The molecule has 2 aromatic carbocycles. The van der Waals surface area contributed by atoms with Gasteiger partial charge >= 0.3 is 0 Å². The zero-order valence-electron chi connectivity index (χ0n) is 27.3. The number of ether oxygens (including phenoxy) is 1. The molecule has 2 amide bonds. The summed E-state index contributed by atoms with van der Waals surface area (Å²) in [7, 11) is -2.91. The van der Waals surface area contributed by atoms with Crippen molar-refractivity contribution in [2.45, 2.75) is 82.3 Å². The van der Waals surface area contributed by atoms with Crippen LogP contribution in [0, 0.1) is 23.7 Å². The van der Waals surface area contributed by atoms with Gasteiger partial charge in [-0.15, -0.1) is 0 Å². The highest BCUT2D eigenvalue weighted by atomic mass is 35.5. The molecule has 9 heteroatoms. The molecule has 248 valence electrons. The third-order valence-corrected chi connectivity index (χ3v) is 14.5. The van der Waals surface area contributed by atoms with E-state index >= 15 is 0 Å². The lowest BCUT2D eigenvalue weighted by Gasteiger charge is -2.47. The Balaban J connectivity index is 1.29. The summed E-state index contributed by atoms with van der Waals surface area (Å²) < 4.78 is 23.3. The van der Waals surface area contributed by atoms with Crippen LogP contribution in [0.5, 0.6) is 5.75 Å². The maximum absolute atomic E-state index is 13.9. The molecule has 3 heterocycles. The van der Waals surface area contributed by atoms with Crippen LogP contribution in [0.25, 0.3) is 0 Å². The van der Waals surface area contributed by atoms with E-state index < -0.39 is 9.71 Å². The minimum Gasteiger partial charge on any atom is -0.490 e. The summed E-state index contributed by atoms with van der Waals surface area (Å²) in [5, 5.41) is 0.459. The molecule has 46 heavy (non-hydrogen) atoms. The molecule has 1 N–H and O–H groups in total. The number of aryl methyl sites for hydroxylation is 1. The monoisotopic (exact) mass is 665 g/mol. The maximum Gasteiger partial charge on any atom is 0.262 e. The van der Waals surface area contributed by atoms with Crippen LogP contribution in [0.15, 0.2) is 36.4 Å². The zero-order valence-corrected chi connectivity index (χ0v) is 28.8. The van der Waals surface area contributed by atoms with Gasteiger partial charge in [0, 0.05) is 53.3 Å². The first kappa shape index (κ1) is 31.9. The molecule has 7 rings (SSSR count). The minimum atomic E-state index is -2.91. The predicted molar refractivity (Wildman–Crippen MR) is 186 cm³/mol. The number of rotatable bonds is 1. The van der Waals surface area contributed by atoms with E-state index in [4.69, 9.17) is 16.3 Å². The molecule has 5 aliphatic rings. The van der Waals surface area contributed by atoms with Gasteiger partial charge in [-0.25, -0.2) is 4.21 Å². The summed E-state index contributed by atoms with van der Waals surface area (Å²) in [5.74, 6) is 5.56. The molecule has 2 aromatic rings. The molecular weight excluding hydrogens is 618 g/mol. The first-order valence-electron chi connectivity index (χ1n) is 17.3. The number of hydrogen-bond acceptors (Lipinski definition) is 5. The van der Waals surface area contributed by atoms with Gasteiger partial charge in [0.15, 0.2) is 0 Å². The predicted octanol–water partition coefficient (Wildman–Crippen LogP) is 6.26. The Morgan fingerprint density at radius 2 is 1.89 bits per heavy atom. The Morgan fingerprint density at radius 1 is 1.07 bits per heavy atom. The van der Waals surface area contributed by atoms with Crippen molar-refractivity contribution in [1.29, 1.82) is 0 Å². The number of nitrogens with zero attached hydrogens (tertiary/aromatic N) is 2. The average Bonchev–Trinajstić information content (AvgIpc) is 3.13. The lowest BCUT2D eigenvalue weighted by molar-refractivity contribution is -0.144. The van der Waals surface area contributed by atoms with Gasteiger partial charge < -0.3 is 14.5 Å². The van der Waals surface area contributed by atoms with Crippen LogP contribution in [0.1, 0.15) is 86.7 Å². The Hall–Kier alpha value is -2.71. The number of hydrogen-bond donors (Lipinski definition) is 1. The lowest BCUT2D eigenvalue weighted by atomic mass is 9.64. The third kappa shape index (κ3) is 5.82. The second-order valence-electron chi connectivity index (χ2n) is 14.8. The van der Waals surface area contributed by atoms with Crippen molar-refractivity contribution in [2.75, 3.05) is 37.7 Å². The Labute approximate surface area is 279 Å². The van der Waals surface area contributed by atoms with Gasteiger partial charge in [0.2, 0.25) is 5.91 Å². The fourth-order valence-electron chi connectivity index (χ4n) is 8.76. The molecule has 1 unspecified atom stereocenters. The molecule has 2 aliphatic carbocycles. The quantitative estimate of drug-likeness (QED) is 0.364. The molecule has 7 atom stereocenters. The smallest absolute Gasteiger partial charge is 0.262 e. The van der Waals surface area contributed by atoms with Crippen LogP contribution in [0.2, 0.25) is 5.02 Å². The highest BCUT2D eigenvalue weighted by Gasteiger charge is 2.46. The van der Waals surface area contributed by atoms with E-state index in [0.29, 0.717) is 29.9 Å². The largest absolute Gasteiger partial charge is 0.490 e. The minimum absolute atomic E-state index is 0.0128. The standard InChI is InChI=1S/C37H48ClN3O4S/c1-24-7-4-9-31(36(43)40-17-6-18-40)30-13-10-28(30)21-41-22-37(16-5-8-26-19-29(38)12-14-32(26)37)23-45-34-15-11-27(20-33(34)41)35(42)39-46(3,44)25(24)2/h11-12,14-15,19-20,24-25,28,30-31H,3-10,13,16-18,21-23H2,1-2H3,(H,39,42,44)/t24-,25+,28-,30+,31-,37-,46?/m0/s1. The summed E-state index contributed by atoms with van der Waals surface area (Å²) in [6, 6.07) is 11.9. The van der Waals surface area contributed by atoms with Gasteiger partial charge in [-0.05, 0) is 123 Å². The van der Waals surface area contributed by atoms with Gasteiger partial charge in [-0.2, -0.15) is 0 Å². The Kier molecular flexibility index (Phi) is 8.58. The van der Waals surface area contributed by atoms with Crippen molar-refractivity contribution in [3.8, 4) is 5.75 Å². The maximum atomic E-state index is 13.9. The molecule has 1 spiro atoms. The molecular formula is C37H48ClN3O4S.